The van der Waals surface area contributed by atoms with E-state index in [2.05, 4.69) is 19.9 Å². The number of hydrogen-bond donors (Lipinski definition) is 1. The second-order valence-corrected chi connectivity index (χ2v) is 7.60. The number of rotatable bonds is 6. The van der Waals surface area contributed by atoms with Crippen LogP contribution in [0.3, 0.4) is 0 Å². The number of fused-ring (bicyclic) bond motifs is 3. The number of hydrogen-bond acceptors (Lipinski definition) is 7. The van der Waals surface area contributed by atoms with E-state index in [-0.39, 0.29) is 18.0 Å². The minimum Gasteiger partial charge on any atom is -0.496 e. The number of nitrogens with zero attached hydrogens (tertiary/aromatic N) is 4. The summed E-state index contributed by atoms with van der Waals surface area (Å²) in [6.45, 7) is 3.05. The molecule has 11 heteroatoms. The Morgan fingerprint density at radius 1 is 1.15 bits per heavy atom. The predicted molar refractivity (Wildman–Crippen MR) is 118 cm³/mol. The standard InChI is InChI=1S/C23H20F3N5O3/c1-12(27)22(13(2)32)16-9-17-18(10-19(16)33-3)31-20(29-30-21(31)11-28-17)8-14-5-4-6-15(7-14)34-23(24,25)26/h4-7,9-11H,8,27H2,1-3H3. The van der Waals surface area contributed by atoms with Crippen LogP contribution in [0.15, 0.2) is 48.3 Å². The van der Waals surface area contributed by atoms with Crippen molar-refractivity contribution < 1.29 is 27.4 Å². The van der Waals surface area contributed by atoms with Gasteiger partial charge in [0.25, 0.3) is 0 Å². The molecule has 34 heavy (non-hydrogen) atoms. The van der Waals surface area contributed by atoms with Crippen LogP contribution >= 0.6 is 0 Å². The lowest BCUT2D eigenvalue weighted by Gasteiger charge is -2.14. The average Bonchev–Trinajstić information content (AvgIpc) is 3.15. The molecule has 2 aromatic carbocycles. The molecule has 4 rings (SSSR count). The molecule has 0 aliphatic rings. The Morgan fingerprint density at radius 2 is 1.91 bits per heavy atom. The second-order valence-electron chi connectivity index (χ2n) is 7.60. The average molecular weight is 471 g/mol. The van der Waals surface area contributed by atoms with Gasteiger partial charge in [-0.15, -0.1) is 23.4 Å². The Balaban J connectivity index is 1.84. The molecule has 0 saturated carbocycles. The molecule has 4 aromatic rings. The van der Waals surface area contributed by atoms with Crippen LogP contribution in [-0.4, -0.2) is 38.8 Å². The number of ether oxygens (including phenoxy) is 2. The van der Waals surface area contributed by atoms with E-state index >= 15 is 0 Å². The van der Waals surface area contributed by atoms with Crippen LogP contribution in [0.5, 0.6) is 11.5 Å². The second kappa shape index (κ2) is 8.65. The third-order valence-corrected chi connectivity index (χ3v) is 5.12. The van der Waals surface area contributed by atoms with Gasteiger partial charge in [0.05, 0.1) is 24.3 Å². The molecule has 2 heterocycles. The van der Waals surface area contributed by atoms with Crippen molar-refractivity contribution in [1.82, 2.24) is 19.6 Å². The van der Waals surface area contributed by atoms with Gasteiger partial charge in [0.2, 0.25) is 0 Å². The number of halogens is 3. The van der Waals surface area contributed by atoms with Crippen LogP contribution < -0.4 is 15.2 Å². The summed E-state index contributed by atoms with van der Waals surface area (Å²) in [6.07, 6.45) is -3.09. The minimum absolute atomic E-state index is 0.180. The Morgan fingerprint density at radius 3 is 2.56 bits per heavy atom. The lowest BCUT2D eigenvalue weighted by atomic mass is 9.99. The first-order valence-corrected chi connectivity index (χ1v) is 10.1. The molecule has 0 fully saturated rings. The summed E-state index contributed by atoms with van der Waals surface area (Å²) in [5.41, 5.74) is 9.23. The number of benzene rings is 2. The van der Waals surface area contributed by atoms with Gasteiger partial charge in [-0.05, 0) is 37.6 Å². The summed E-state index contributed by atoms with van der Waals surface area (Å²) < 4.78 is 49.1. The molecule has 0 unspecified atom stereocenters. The number of aromatic nitrogens is 4. The zero-order valence-electron chi connectivity index (χ0n) is 18.5. The van der Waals surface area contributed by atoms with E-state index in [0.717, 1.165) is 0 Å². The monoisotopic (exact) mass is 471 g/mol. The van der Waals surface area contributed by atoms with Crippen molar-refractivity contribution in [3.05, 3.63) is 65.2 Å². The van der Waals surface area contributed by atoms with Gasteiger partial charge >= 0.3 is 6.36 Å². The summed E-state index contributed by atoms with van der Waals surface area (Å²) in [4.78, 5) is 16.6. The number of alkyl halides is 3. The third kappa shape index (κ3) is 4.49. The van der Waals surface area contributed by atoms with Gasteiger partial charge in [0.1, 0.15) is 17.3 Å². The van der Waals surface area contributed by atoms with Crippen molar-refractivity contribution >= 4 is 28.0 Å². The summed E-state index contributed by atoms with van der Waals surface area (Å²) in [7, 11) is 1.47. The SMILES string of the molecule is COc1cc2c(cc1C(C(C)=O)=C(C)N)ncc1nnc(Cc3cccc(OC(F)(F)F)c3)n12. The molecule has 0 spiro atoms. The molecule has 0 saturated heterocycles. The summed E-state index contributed by atoms with van der Waals surface area (Å²) in [5, 5.41) is 8.33. The Bertz CT molecular complexity index is 1440. The number of carbonyl (C=O) groups excluding carboxylic acids is 1. The highest BCUT2D eigenvalue weighted by atomic mass is 19.4. The summed E-state index contributed by atoms with van der Waals surface area (Å²) in [6, 6.07) is 9.06. The number of methoxy groups -OCH3 is 1. The van der Waals surface area contributed by atoms with Crippen molar-refractivity contribution in [3.8, 4) is 11.5 Å². The van der Waals surface area contributed by atoms with E-state index in [1.165, 1.54) is 38.4 Å². The molecule has 0 atom stereocenters. The maximum Gasteiger partial charge on any atom is 0.573 e. The summed E-state index contributed by atoms with van der Waals surface area (Å²) in [5.74, 6) is 0.331. The minimum atomic E-state index is -4.79. The quantitative estimate of drug-likeness (QED) is 0.423. The highest BCUT2D eigenvalue weighted by Crippen LogP contribution is 2.33. The normalized spacial score (nSPS) is 12.6. The largest absolute Gasteiger partial charge is 0.573 e. The third-order valence-electron chi connectivity index (χ3n) is 5.12. The Labute approximate surface area is 191 Å². The van der Waals surface area contributed by atoms with E-state index in [1.807, 2.05) is 0 Å². The van der Waals surface area contributed by atoms with Gasteiger partial charge in [0.15, 0.2) is 11.4 Å². The van der Waals surface area contributed by atoms with Gasteiger partial charge in [0, 0.05) is 29.3 Å². The molecule has 8 nitrogen and oxygen atoms in total. The van der Waals surface area contributed by atoms with Crippen LogP contribution in [0.4, 0.5) is 13.2 Å². The zero-order chi connectivity index (χ0) is 24.6. The first-order chi connectivity index (χ1) is 16.1. The highest BCUT2D eigenvalue weighted by molar-refractivity contribution is 6.21. The lowest BCUT2D eigenvalue weighted by Crippen LogP contribution is -2.17. The molecule has 0 amide bonds. The first kappa shape index (κ1) is 23.0. The van der Waals surface area contributed by atoms with E-state index in [0.29, 0.717) is 50.7 Å². The van der Waals surface area contributed by atoms with Crippen molar-refractivity contribution in [2.75, 3.05) is 7.11 Å². The van der Waals surface area contributed by atoms with Crippen LogP contribution in [0.2, 0.25) is 0 Å². The van der Waals surface area contributed by atoms with Crippen molar-refractivity contribution in [2.45, 2.75) is 26.6 Å². The van der Waals surface area contributed by atoms with Crippen LogP contribution in [-0.2, 0) is 11.2 Å². The van der Waals surface area contributed by atoms with Gasteiger partial charge in [-0.25, -0.2) is 0 Å². The van der Waals surface area contributed by atoms with Gasteiger partial charge in [-0.2, -0.15) is 0 Å². The molecule has 0 aliphatic carbocycles. The Hall–Kier alpha value is -4.15. The number of nitrogens with two attached hydrogens (primary N) is 1. The van der Waals surface area contributed by atoms with E-state index in [9.17, 15) is 18.0 Å². The van der Waals surface area contributed by atoms with Gasteiger partial charge < -0.3 is 15.2 Å². The summed E-state index contributed by atoms with van der Waals surface area (Å²) >= 11 is 0. The molecule has 2 N–H and O–H groups in total. The van der Waals surface area contributed by atoms with E-state index in [1.54, 1.807) is 29.5 Å². The van der Waals surface area contributed by atoms with Crippen molar-refractivity contribution in [3.63, 3.8) is 0 Å². The fraction of sp³-hybridized carbons (Fsp3) is 0.217. The predicted octanol–water partition coefficient (Wildman–Crippen LogP) is 4.05. The topological polar surface area (TPSA) is 105 Å². The van der Waals surface area contributed by atoms with E-state index in [4.69, 9.17) is 10.5 Å². The van der Waals surface area contributed by atoms with Gasteiger partial charge in [-0.1, -0.05) is 12.1 Å². The maximum atomic E-state index is 12.6. The molecular formula is C23H20F3N5O3. The van der Waals surface area contributed by atoms with Crippen LogP contribution in [0, 0.1) is 0 Å². The molecule has 0 aliphatic heterocycles. The van der Waals surface area contributed by atoms with E-state index < -0.39 is 6.36 Å². The number of allylic oxidation sites excluding steroid dienone is 2. The fourth-order valence-corrected chi connectivity index (χ4v) is 3.84. The Kier molecular flexibility index (Phi) is 5.86. The number of ketones is 1. The van der Waals surface area contributed by atoms with Crippen molar-refractivity contribution in [2.24, 2.45) is 5.73 Å². The lowest BCUT2D eigenvalue weighted by molar-refractivity contribution is -0.274. The fourth-order valence-electron chi connectivity index (χ4n) is 3.84. The first-order valence-electron chi connectivity index (χ1n) is 10.1. The number of Topliss-reactive ketones (excluding diaryl/α,β-unsaturated/α-hetero) is 1. The van der Waals surface area contributed by atoms with Crippen LogP contribution in [0.25, 0.3) is 22.3 Å². The van der Waals surface area contributed by atoms with Crippen molar-refractivity contribution in [1.29, 1.82) is 0 Å². The molecule has 0 bridgehead atoms. The van der Waals surface area contributed by atoms with Gasteiger partial charge in [-0.3, -0.25) is 14.2 Å². The van der Waals surface area contributed by atoms with Crippen LogP contribution in [0.1, 0.15) is 30.8 Å². The maximum absolute atomic E-state index is 12.6. The molecule has 2 aromatic heterocycles. The molecule has 176 valence electrons. The number of carbonyl (C=O) groups is 1. The smallest absolute Gasteiger partial charge is 0.496 e. The zero-order valence-corrected chi connectivity index (χ0v) is 18.5. The molecule has 0 radical (unpaired) electrons. The highest BCUT2D eigenvalue weighted by Gasteiger charge is 2.31. The molecular weight excluding hydrogens is 451 g/mol.